The van der Waals surface area contributed by atoms with E-state index in [1.807, 2.05) is 18.3 Å². The van der Waals surface area contributed by atoms with Crippen LogP contribution in [0, 0.1) is 6.92 Å². The number of aryl methyl sites for hydroxylation is 1. The van der Waals surface area contributed by atoms with Crippen LogP contribution in [0.5, 0.6) is 0 Å². The molecule has 158 valence electrons. The summed E-state index contributed by atoms with van der Waals surface area (Å²) >= 11 is 6.17. The summed E-state index contributed by atoms with van der Waals surface area (Å²) in [5, 5.41) is 4.48. The summed E-state index contributed by atoms with van der Waals surface area (Å²) in [6, 6.07) is 6.46. The van der Waals surface area contributed by atoms with Gasteiger partial charge in [-0.15, -0.1) is 0 Å². The SMILES string of the molecule is CCN(CC)CCCC(C)N/C(=C/C=N/CC1=CC=CC1)c1ccc(Cl)cc1C. The number of halogens is 1. The van der Waals surface area contributed by atoms with Crippen molar-refractivity contribution in [3.63, 3.8) is 0 Å². The molecule has 4 heteroatoms. The molecule has 1 aliphatic carbocycles. The van der Waals surface area contributed by atoms with E-state index < -0.39 is 0 Å². The average molecular weight is 414 g/mol. The fourth-order valence-electron chi connectivity index (χ4n) is 3.55. The van der Waals surface area contributed by atoms with Crippen molar-refractivity contribution in [2.45, 2.75) is 53.0 Å². The Morgan fingerprint density at radius 3 is 2.76 bits per heavy atom. The van der Waals surface area contributed by atoms with Crippen LogP contribution in [0.15, 0.2) is 53.1 Å². The van der Waals surface area contributed by atoms with Crippen molar-refractivity contribution in [1.29, 1.82) is 0 Å². The maximum Gasteiger partial charge on any atom is 0.0605 e. The first-order valence-corrected chi connectivity index (χ1v) is 11.2. The normalized spacial score (nSPS) is 15.4. The van der Waals surface area contributed by atoms with E-state index in [-0.39, 0.29) is 0 Å². The molecule has 0 radical (unpaired) electrons. The summed E-state index contributed by atoms with van der Waals surface area (Å²) in [5.41, 5.74) is 4.81. The van der Waals surface area contributed by atoms with E-state index >= 15 is 0 Å². The van der Waals surface area contributed by atoms with E-state index in [1.54, 1.807) is 0 Å². The van der Waals surface area contributed by atoms with E-state index in [9.17, 15) is 0 Å². The first-order chi connectivity index (χ1) is 14.0. The van der Waals surface area contributed by atoms with Crippen LogP contribution in [0.1, 0.15) is 51.2 Å². The molecule has 1 N–H and O–H groups in total. The van der Waals surface area contributed by atoms with Gasteiger partial charge in [-0.2, -0.15) is 0 Å². The predicted octanol–water partition coefficient (Wildman–Crippen LogP) is 6.05. The largest absolute Gasteiger partial charge is 0.382 e. The van der Waals surface area contributed by atoms with Gasteiger partial charge in [0.15, 0.2) is 0 Å². The molecule has 0 aliphatic heterocycles. The summed E-state index contributed by atoms with van der Waals surface area (Å²) in [4.78, 5) is 7.08. The van der Waals surface area contributed by atoms with Crippen LogP contribution >= 0.6 is 11.6 Å². The topological polar surface area (TPSA) is 27.6 Å². The van der Waals surface area contributed by atoms with Gasteiger partial charge in [-0.3, -0.25) is 4.99 Å². The van der Waals surface area contributed by atoms with E-state index in [2.05, 4.69) is 73.3 Å². The molecule has 0 heterocycles. The molecule has 0 saturated heterocycles. The zero-order valence-corrected chi connectivity index (χ0v) is 19.2. The molecule has 0 spiro atoms. The summed E-state index contributed by atoms with van der Waals surface area (Å²) in [6.45, 7) is 13.0. The third-order valence-electron chi connectivity index (χ3n) is 5.38. The minimum atomic E-state index is 0.391. The van der Waals surface area contributed by atoms with Crippen molar-refractivity contribution in [2.75, 3.05) is 26.2 Å². The second kappa shape index (κ2) is 12.7. The molecule has 1 aliphatic rings. The fourth-order valence-corrected chi connectivity index (χ4v) is 3.78. The Hall–Kier alpha value is -1.84. The highest BCUT2D eigenvalue weighted by molar-refractivity contribution is 6.30. The lowest BCUT2D eigenvalue weighted by Crippen LogP contribution is -2.28. The van der Waals surface area contributed by atoms with E-state index in [4.69, 9.17) is 11.6 Å². The second-order valence-corrected chi connectivity index (χ2v) is 8.14. The summed E-state index contributed by atoms with van der Waals surface area (Å²) in [6.07, 6.45) is 13.8. The number of benzene rings is 1. The van der Waals surface area contributed by atoms with Crippen LogP contribution in [0.25, 0.3) is 5.70 Å². The molecule has 1 unspecified atom stereocenters. The Labute approximate surface area is 182 Å². The molecule has 0 aromatic heterocycles. The van der Waals surface area contributed by atoms with Crippen molar-refractivity contribution in [2.24, 2.45) is 4.99 Å². The smallest absolute Gasteiger partial charge is 0.0605 e. The van der Waals surface area contributed by atoms with E-state index in [0.717, 1.165) is 49.7 Å². The van der Waals surface area contributed by atoms with Gasteiger partial charge in [0, 0.05) is 28.5 Å². The maximum atomic E-state index is 6.17. The molecule has 3 nitrogen and oxygen atoms in total. The van der Waals surface area contributed by atoms with Gasteiger partial charge in [-0.25, -0.2) is 0 Å². The van der Waals surface area contributed by atoms with Gasteiger partial charge in [0.05, 0.1) is 6.54 Å². The number of hydrogen-bond acceptors (Lipinski definition) is 3. The third-order valence-corrected chi connectivity index (χ3v) is 5.61. The van der Waals surface area contributed by atoms with Gasteiger partial charge in [0.25, 0.3) is 0 Å². The lowest BCUT2D eigenvalue weighted by atomic mass is 10.0. The van der Waals surface area contributed by atoms with Gasteiger partial charge < -0.3 is 10.2 Å². The Balaban J connectivity index is 2.03. The summed E-state index contributed by atoms with van der Waals surface area (Å²) in [5.74, 6) is 0. The van der Waals surface area contributed by atoms with Gasteiger partial charge >= 0.3 is 0 Å². The van der Waals surface area contributed by atoms with Crippen molar-refractivity contribution in [1.82, 2.24) is 10.2 Å². The maximum absolute atomic E-state index is 6.17. The summed E-state index contributed by atoms with van der Waals surface area (Å²) < 4.78 is 0. The fraction of sp³-hybridized carbons (Fsp3) is 0.480. The minimum Gasteiger partial charge on any atom is -0.382 e. The van der Waals surface area contributed by atoms with Crippen LogP contribution in [0.2, 0.25) is 5.02 Å². The van der Waals surface area contributed by atoms with Gasteiger partial charge in [0.1, 0.15) is 0 Å². The molecule has 1 aromatic carbocycles. The van der Waals surface area contributed by atoms with Crippen molar-refractivity contribution in [3.8, 4) is 0 Å². The second-order valence-electron chi connectivity index (χ2n) is 7.70. The lowest BCUT2D eigenvalue weighted by molar-refractivity contribution is 0.292. The first-order valence-electron chi connectivity index (χ1n) is 10.8. The molecule has 0 saturated carbocycles. The quantitative estimate of drug-likeness (QED) is 0.422. The zero-order chi connectivity index (χ0) is 21.1. The standard InChI is InChI=1S/C25H36ClN3/c1-5-29(6-2)17-9-10-21(4)28-25(24-14-13-23(26)18-20(24)3)15-16-27-19-22-11-7-8-12-22/h7-8,11,13-16,18,21,28H,5-6,9-10,12,17,19H2,1-4H3/b25-15+,27-16+. The monoisotopic (exact) mass is 413 g/mol. The zero-order valence-electron chi connectivity index (χ0n) is 18.4. The minimum absolute atomic E-state index is 0.391. The first kappa shape index (κ1) is 23.4. The number of rotatable bonds is 12. The number of allylic oxidation sites excluding steroid dienone is 4. The van der Waals surface area contributed by atoms with Crippen LogP contribution in [-0.4, -0.2) is 43.3 Å². The van der Waals surface area contributed by atoms with Gasteiger partial charge in [0.2, 0.25) is 0 Å². The predicted molar refractivity (Wildman–Crippen MR) is 129 cm³/mol. The highest BCUT2D eigenvalue weighted by Gasteiger charge is 2.10. The average Bonchev–Trinajstić information content (AvgIpc) is 3.21. The number of aliphatic imine (C=N–C) groups is 1. The van der Waals surface area contributed by atoms with E-state index in [1.165, 1.54) is 23.1 Å². The highest BCUT2D eigenvalue weighted by atomic mass is 35.5. The Morgan fingerprint density at radius 2 is 2.10 bits per heavy atom. The third kappa shape index (κ3) is 8.20. The number of nitrogens with zero attached hydrogens (tertiary/aromatic N) is 2. The van der Waals surface area contributed by atoms with Crippen molar-refractivity contribution < 1.29 is 0 Å². The number of nitrogens with one attached hydrogen (secondary N) is 1. The Morgan fingerprint density at radius 1 is 1.31 bits per heavy atom. The van der Waals surface area contributed by atoms with Gasteiger partial charge in [-0.1, -0.05) is 49.7 Å². The highest BCUT2D eigenvalue weighted by Crippen LogP contribution is 2.21. The molecular weight excluding hydrogens is 378 g/mol. The van der Waals surface area contributed by atoms with Crippen LogP contribution in [0.3, 0.4) is 0 Å². The van der Waals surface area contributed by atoms with Crippen LogP contribution < -0.4 is 5.32 Å². The molecule has 1 aromatic rings. The van der Waals surface area contributed by atoms with Crippen LogP contribution in [-0.2, 0) is 0 Å². The number of hydrogen-bond donors (Lipinski definition) is 1. The Kier molecular flexibility index (Phi) is 10.2. The van der Waals surface area contributed by atoms with Crippen LogP contribution in [0.4, 0.5) is 0 Å². The molecule has 1 atom stereocenters. The van der Waals surface area contributed by atoms with Gasteiger partial charge in [-0.05, 0) is 82.1 Å². The molecular formula is C25H36ClN3. The van der Waals surface area contributed by atoms with E-state index in [0.29, 0.717) is 6.04 Å². The molecule has 29 heavy (non-hydrogen) atoms. The van der Waals surface area contributed by atoms with Crippen molar-refractivity contribution >= 4 is 23.5 Å². The summed E-state index contributed by atoms with van der Waals surface area (Å²) in [7, 11) is 0. The molecule has 0 bridgehead atoms. The molecule has 2 rings (SSSR count). The van der Waals surface area contributed by atoms with Crippen molar-refractivity contribution in [3.05, 3.63) is 64.2 Å². The Bertz CT molecular complexity index is 757. The molecule has 0 amide bonds. The lowest BCUT2D eigenvalue weighted by Gasteiger charge is -2.22. The molecule has 0 fully saturated rings.